The lowest BCUT2D eigenvalue weighted by Crippen LogP contribution is -2.35. The zero-order valence-electron chi connectivity index (χ0n) is 21.5. The fraction of sp³-hybridized carbons (Fsp3) is 0.333. The maximum absolute atomic E-state index is 13.1. The first-order valence-corrected chi connectivity index (χ1v) is 13.3. The van der Waals surface area contributed by atoms with Crippen molar-refractivity contribution in [3.8, 4) is 23.0 Å². The van der Waals surface area contributed by atoms with E-state index in [9.17, 15) is 4.79 Å². The summed E-state index contributed by atoms with van der Waals surface area (Å²) in [6, 6.07) is 17.8. The van der Waals surface area contributed by atoms with Crippen LogP contribution < -0.4 is 9.47 Å². The Morgan fingerprint density at radius 2 is 1.92 bits per heavy atom. The third-order valence-electron chi connectivity index (χ3n) is 7.29. The Hall–Kier alpha value is -4.20. The molecule has 1 atom stereocenters. The lowest BCUT2D eigenvalue weighted by atomic mass is 10.1. The molecule has 8 nitrogen and oxygen atoms in total. The van der Waals surface area contributed by atoms with Crippen LogP contribution in [0.15, 0.2) is 65.8 Å². The molecule has 2 aliphatic heterocycles. The number of rotatable bonds is 9. The van der Waals surface area contributed by atoms with Crippen molar-refractivity contribution in [1.29, 1.82) is 0 Å². The first-order valence-electron chi connectivity index (χ1n) is 13.3. The molecule has 0 radical (unpaired) electrons. The van der Waals surface area contributed by atoms with Crippen molar-refractivity contribution >= 4 is 28.8 Å². The zero-order chi connectivity index (χ0) is 25.9. The number of imidazole rings is 1. The van der Waals surface area contributed by atoms with E-state index in [0.717, 1.165) is 67.7 Å². The monoisotopic (exact) mass is 509 g/mol. The highest BCUT2D eigenvalue weighted by molar-refractivity contribution is 6.03. The summed E-state index contributed by atoms with van der Waals surface area (Å²) in [4.78, 5) is 29.0. The number of ether oxygens (including phenoxy) is 2. The van der Waals surface area contributed by atoms with Crippen LogP contribution in [0.3, 0.4) is 0 Å². The fourth-order valence-electron chi connectivity index (χ4n) is 5.34. The topological polar surface area (TPSA) is 81.8 Å². The van der Waals surface area contributed by atoms with Crippen LogP contribution in [0.25, 0.3) is 22.6 Å². The lowest BCUT2D eigenvalue weighted by Gasteiger charge is -2.20. The number of fused-ring (bicyclic) bond motifs is 3. The SMILES string of the molecule is COc1cc2c(cc1OCCCCCn1c(-c3ccccn3)nc3ccccc31)N=C[C@@H]1CCCN1C2=O. The highest BCUT2D eigenvalue weighted by Gasteiger charge is 2.32. The van der Waals surface area contributed by atoms with E-state index >= 15 is 0 Å². The predicted octanol–water partition coefficient (Wildman–Crippen LogP) is 5.68. The Kier molecular flexibility index (Phi) is 6.77. The Morgan fingerprint density at radius 3 is 2.79 bits per heavy atom. The number of methoxy groups -OCH3 is 1. The van der Waals surface area contributed by atoms with Gasteiger partial charge in [0.05, 0.1) is 42.0 Å². The van der Waals surface area contributed by atoms with Crippen LogP contribution in [0, 0.1) is 0 Å². The van der Waals surface area contributed by atoms with Gasteiger partial charge in [-0.3, -0.25) is 14.8 Å². The minimum Gasteiger partial charge on any atom is -0.493 e. The second kappa shape index (κ2) is 10.7. The van der Waals surface area contributed by atoms with Gasteiger partial charge in [0.1, 0.15) is 5.69 Å². The molecule has 194 valence electrons. The van der Waals surface area contributed by atoms with E-state index in [1.54, 1.807) is 19.4 Å². The van der Waals surface area contributed by atoms with E-state index in [4.69, 9.17) is 14.5 Å². The summed E-state index contributed by atoms with van der Waals surface area (Å²) in [6.45, 7) is 2.18. The van der Waals surface area contributed by atoms with Gasteiger partial charge in [-0.25, -0.2) is 4.98 Å². The molecule has 1 amide bonds. The Bertz CT molecular complexity index is 1480. The average Bonchev–Trinajstić information content (AvgIpc) is 3.55. The second-order valence-corrected chi connectivity index (χ2v) is 9.71. The van der Waals surface area contributed by atoms with Gasteiger partial charge in [0, 0.05) is 31.6 Å². The molecule has 0 spiro atoms. The molecule has 2 aromatic carbocycles. The van der Waals surface area contributed by atoms with Crippen LogP contribution in [0.4, 0.5) is 5.69 Å². The summed E-state index contributed by atoms with van der Waals surface area (Å²) in [5.74, 6) is 2.10. The molecule has 2 aliphatic rings. The van der Waals surface area contributed by atoms with Crippen molar-refractivity contribution in [1.82, 2.24) is 19.4 Å². The highest BCUT2D eigenvalue weighted by Crippen LogP contribution is 2.38. The molecule has 0 bridgehead atoms. The van der Waals surface area contributed by atoms with Gasteiger partial charge in [-0.15, -0.1) is 0 Å². The van der Waals surface area contributed by atoms with Gasteiger partial charge in [-0.1, -0.05) is 18.2 Å². The van der Waals surface area contributed by atoms with Gasteiger partial charge < -0.3 is 18.9 Å². The van der Waals surface area contributed by atoms with Gasteiger partial charge in [0.2, 0.25) is 0 Å². The van der Waals surface area contributed by atoms with Gasteiger partial charge in [0.15, 0.2) is 17.3 Å². The van der Waals surface area contributed by atoms with Crippen molar-refractivity contribution < 1.29 is 14.3 Å². The largest absolute Gasteiger partial charge is 0.493 e. The van der Waals surface area contributed by atoms with Crippen LogP contribution in [0.5, 0.6) is 11.5 Å². The van der Waals surface area contributed by atoms with E-state index in [1.807, 2.05) is 53.6 Å². The number of pyridine rings is 1. The third-order valence-corrected chi connectivity index (χ3v) is 7.29. The van der Waals surface area contributed by atoms with Crippen molar-refractivity contribution in [3.63, 3.8) is 0 Å². The number of hydrogen-bond donors (Lipinski definition) is 0. The van der Waals surface area contributed by atoms with E-state index < -0.39 is 0 Å². The van der Waals surface area contributed by atoms with Crippen molar-refractivity contribution in [2.45, 2.75) is 44.7 Å². The molecule has 1 saturated heterocycles. The summed E-state index contributed by atoms with van der Waals surface area (Å²) in [5.41, 5.74) is 4.20. The highest BCUT2D eigenvalue weighted by atomic mass is 16.5. The van der Waals surface area contributed by atoms with Crippen LogP contribution in [-0.4, -0.2) is 57.9 Å². The maximum Gasteiger partial charge on any atom is 0.256 e. The number of carbonyl (C=O) groups is 1. The molecular weight excluding hydrogens is 478 g/mol. The molecule has 0 N–H and O–H groups in total. The Labute approximate surface area is 221 Å². The van der Waals surface area contributed by atoms with Gasteiger partial charge in [-0.2, -0.15) is 0 Å². The van der Waals surface area contributed by atoms with E-state index in [-0.39, 0.29) is 11.9 Å². The quantitative estimate of drug-likeness (QED) is 0.271. The summed E-state index contributed by atoms with van der Waals surface area (Å²) in [7, 11) is 1.60. The molecule has 0 aliphatic carbocycles. The summed E-state index contributed by atoms with van der Waals surface area (Å²) >= 11 is 0. The summed E-state index contributed by atoms with van der Waals surface area (Å²) < 4.78 is 13.9. The number of carbonyl (C=O) groups excluding carboxylic acids is 1. The second-order valence-electron chi connectivity index (χ2n) is 9.71. The van der Waals surface area contributed by atoms with Gasteiger partial charge >= 0.3 is 0 Å². The van der Waals surface area contributed by atoms with E-state index in [0.29, 0.717) is 29.4 Å². The number of benzene rings is 2. The van der Waals surface area contributed by atoms with Crippen molar-refractivity contribution in [2.75, 3.05) is 20.3 Å². The van der Waals surface area contributed by atoms with Gasteiger partial charge in [-0.05, 0) is 62.4 Å². The van der Waals surface area contributed by atoms with Crippen LogP contribution in [-0.2, 0) is 6.54 Å². The first-order chi connectivity index (χ1) is 18.7. The average molecular weight is 510 g/mol. The maximum atomic E-state index is 13.1. The lowest BCUT2D eigenvalue weighted by molar-refractivity contribution is 0.0774. The predicted molar refractivity (Wildman–Crippen MR) is 148 cm³/mol. The molecule has 4 aromatic rings. The number of nitrogens with zero attached hydrogens (tertiary/aromatic N) is 5. The molecule has 0 saturated carbocycles. The molecule has 6 rings (SSSR count). The Balaban J connectivity index is 1.09. The molecule has 4 heterocycles. The fourth-order valence-corrected chi connectivity index (χ4v) is 5.34. The first kappa shape index (κ1) is 24.2. The number of unbranched alkanes of at least 4 members (excludes halogenated alkanes) is 2. The summed E-state index contributed by atoms with van der Waals surface area (Å²) in [6.07, 6.45) is 8.54. The number of aliphatic imine (C=N–C) groups is 1. The molecule has 8 heteroatoms. The number of aryl methyl sites for hydroxylation is 1. The summed E-state index contributed by atoms with van der Waals surface area (Å²) in [5, 5.41) is 0. The number of amides is 1. The van der Waals surface area contributed by atoms with Gasteiger partial charge in [0.25, 0.3) is 5.91 Å². The number of para-hydroxylation sites is 2. The zero-order valence-corrected chi connectivity index (χ0v) is 21.5. The Morgan fingerprint density at radius 1 is 1.03 bits per heavy atom. The smallest absolute Gasteiger partial charge is 0.256 e. The molecule has 2 aromatic heterocycles. The molecule has 0 unspecified atom stereocenters. The van der Waals surface area contributed by atoms with Crippen LogP contribution >= 0.6 is 0 Å². The van der Waals surface area contributed by atoms with Crippen molar-refractivity contribution in [2.24, 2.45) is 4.99 Å². The minimum absolute atomic E-state index is 0.0157. The number of aromatic nitrogens is 3. The molecular formula is C30H31N5O3. The molecule has 38 heavy (non-hydrogen) atoms. The number of hydrogen-bond acceptors (Lipinski definition) is 6. The van der Waals surface area contributed by atoms with E-state index in [2.05, 4.69) is 20.6 Å². The van der Waals surface area contributed by atoms with Crippen LogP contribution in [0.1, 0.15) is 42.5 Å². The minimum atomic E-state index is 0.0157. The third kappa shape index (κ3) is 4.62. The van der Waals surface area contributed by atoms with E-state index in [1.165, 1.54) is 0 Å². The van der Waals surface area contributed by atoms with Crippen molar-refractivity contribution in [3.05, 3.63) is 66.4 Å². The molecule has 1 fully saturated rings. The normalized spacial score (nSPS) is 16.4. The standard InChI is InChI=1S/C30H31N5O3/c1-37-27-18-22-25(32-20-21-10-9-16-34(21)30(22)36)19-28(27)38-17-8-2-7-15-35-26-13-4-3-11-23(26)33-29(35)24-12-5-6-14-31-24/h3-6,11-14,18-21H,2,7-10,15-17H2,1H3/t21-/m0/s1. The van der Waals surface area contributed by atoms with Crippen LogP contribution in [0.2, 0.25) is 0 Å².